The summed E-state index contributed by atoms with van der Waals surface area (Å²) in [7, 11) is 1.39. The van der Waals surface area contributed by atoms with Gasteiger partial charge < -0.3 is 34.5 Å². The first-order valence-corrected chi connectivity index (χ1v) is 13.8. The molecule has 1 saturated carbocycles. The first-order valence-electron chi connectivity index (χ1n) is 13.8. The number of H-pyrrole nitrogens is 1. The van der Waals surface area contributed by atoms with Crippen molar-refractivity contribution in [1.29, 1.82) is 0 Å². The smallest absolute Gasteiger partial charge is 0.410 e. The Labute approximate surface area is 237 Å². The number of amides is 2. The number of likely N-dealkylation sites (tertiary alicyclic amines) is 1. The van der Waals surface area contributed by atoms with Gasteiger partial charge in [-0.15, -0.1) is 0 Å². The Morgan fingerprint density at radius 3 is 2.61 bits per heavy atom. The second-order valence-corrected chi connectivity index (χ2v) is 11.7. The van der Waals surface area contributed by atoms with Crippen LogP contribution in [-0.2, 0) is 4.74 Å². The van der Waals surface area contributed by atoms with Crippen LogP contribution in [0, 0.1) is 18.7 Å². The molecule has 3 heterocycles. The van der Waals surface area contributed by atoms with Crippen LogP contribution >= 0.6 is 0 Å². The molecule has 2 fully saturated rings. The summed E-state index contributed by atoms with van der Waals surface area (Å²) in [5.74, 6) is -0.0453. The van der Waals surface area contributed by atoms with Crippen molar-refractivity contribution < 1.29 is 33.3 Å². The number of aliphatic hydroxyl groups excluding tert-OH is 1. The van der Waals surface area contributed by atoms with E-state index in [0.717, 1.165) is 12.8 Å². The van der Waals surface area contributed by atoms with Gasteiger partial charge in [0.15, 0.2) is 11.6 Å². The molecule has 1 saturated heterocycles. The first-order chi connectivity index (χ1) is 19.4. The number of nitrogens with one attached hydrogen (secondary N) is 2. The topological polar surface area (TPSA) is 139 Å². The number of fused-ring (bicyclic) bond motifs is 1. The highest BCUT2D eigenvalue weighted by Crippen LogP contribution is 2.39. The third-order valence-electron chi connectivity index (χ3n) is 7.23. The number of aromatic nitrogens is 3. The van der Waals surface area contributed by atoms with Crippen molar-refractivity contribution in [3.63, 3.8) is 0 Å². The number of piperidine rings is 1. The molecule has 2 aromatic heterocycles. The fraction of sp³-hybridized carbons (Fsp3) is 0.517. The van der Waals surface area contributed by atoms with Crippen LogP contribution < -0.4 is 14.8 Å². The van der Waals surface area contributed by atoms with Crippen molar-refractivity contribution in [2.75, 3.05) is 26.8 Å². The first kappa shape index (κ1) is 28.6. The van der Waals surface area contributed by atoms with Gasteiger partial charge in [-0.3, -0.25) is 4.79 Å². The highest BCUT2D eigenvalue weighted by Gasteiger charge is 2.34. The van der Waals surface area contributed by atoms with Crippen LogP contribution in [0.25, 0.3) is 22.3 Å². The number of benzene rings is 1. The molecule has 2 atom stereocenters. The molecule has 1 aromatic carbocycles. The van der Waals surface area contributed by atoms with E-state index in [1.807, 2.05) is 0 Å². The molecule has 0 spiro atoms. The molecule has 0 unspecified atom stereocenters. The van der Waals surface area contributed by atoms with E-state index in [9.17, 15) is 19.1 Å². The molecule has 220 valence electrons. The van der Waals surface area contributed by atoms with Gasteiger partial charge in [0.05, 0.1) is 43.5 Å². The van der Waals surface area contributed by atoms with Crippen molar-refractivity contribution in [2.24, 2.45) is 5.92 Å². The van der Waals surface area contributed by atoms with Gasteiger partial charge in [-0.2, -0.15) is 0 Å². The number of carbonyl (C=O) groups is 2. The maximum atomic E-state index is 14.8. The second kappa shape index (κ2) is 11.2. The molecular formula is C29H36FN5O6. The number of hydrogen-bond donors (Lipinski definition) is 3. The number of β-amino-alcohol motifs (C(OH)–C–C–N with tert-alkyl or cyclic N) is 1. The van der Waals surface area contributed by atoms with E-state index in [0.29, 0.717) is 64.8 Å². The minimum atomic E-state index is -0.982. The van der Waals surface area contributed by atoms with E-state index in [-0.39, 0.29) is 12.3 Å². The highest BCUT2D eigenvalue weighted by atomic mass is 19.1. The second-order valence-electron chi connectivity index (χ2n) is 11.7. The summed E-state index contributed by atoms with van der Waals surface area (Å²) in [5, 5.41) is 13.6. The summed E-state index contributed by atoms with van der Waals surface area (Å²) < 4.78 is 31.5. The SMILES string of the molecule is COc1cc(OCC2CC2)c(-c2ncnc3c(C(=O)N[C@@H]4CCN(C(=O)OC(C)(C)C)C[C@H]4O)c(C)[nH]c23)cc1F. The maximum absolute atomic E-state index is 14.8. The van der Waals surface area contributed by atoms with Gasteiger partial charge in [0, 0.05) is 23.9 Å². The fourth-order valence-corrected chi connectivity index (χ4v) is 4.92. The van der Waals surface area contributed by atoms with E-state index >= 15 is 0 Å². The predicted octanol–water partition coefficient (Wildman–Crippen LogP) is 3.97. The van der Waals surface area contributed by atoms with Gasteiger partial charge in [0.2, 0.25) is 0 Å². The van der Waals surface area contributed by atoms with Gasteiger partial charge in [-0.25, -0.2) is 19.2 Å². The molecule has 1 aliphatic heterocycles. The lowest BCUT2D eigenvalue weighted by atomic mass is 10.0. The lowest BCUT2D eigenvalue weighted by molar-refractivity contribution is -0.00408. The van der Waals surface area contributed by atoms with Crippen molar-refractivity contribution in [2.45, 2.75) is 64.7 Å². The van der Waals surface area contributed by atoms with Crippen LogP contribution in [0.5, 0.6) is 11.5 Å². The number of nitrogens with zero attached hydrogens (tertiary/aromatic N) is 3. The zero-order valence-corrected chi connectivity index (χ0v) is 23.9. The summed E-state index contributed by atoms with van der Waals surface area (Å²) in [4.78, 5) is 39.3. The summed E-state index contributed by atoms with van der Waals surface area (Å²) >= 11 is 0. The number of ether oxygens (including phenoxy) is 3. The molecule has 5 rings (SSSR count). The number of methoxy groups -OCH3 is 1. The van der Waals surface area contributed by atoms with Crippen LogP contribution in [0.4, 0.5) is 9.18 Å². The average molecular weight is 570 g/mol. The molecule has 41 heavy (non-hydrogen) atoms. The van der Waals surface area contributed by atoms with Crippen LogP contribution in [0.15, 0.2) is 18.5 Å². The minimum absolute atomic E-state index is 0.0334. The molecule has 12 heteroatoms. The molecule has 11 nitrogen and oxygen atoms in total. The van der Waals surface area contributed by atoms with Crippen molar-refractivity contribution in [3.05, 3.63) is 35.5 Å². The van der Waals surface area contributed by atoms with E-state index < -0.39 is 35.6 Å². The molecular weight excluding hydrogens is 533 g/mol. The Morgan fingerprint density at radius 2 is 1.95 bits per heavy atom. The normalized spacial score (nSPS) is 19.2. The summed E-state index contributed by atoms with van der Waals surface area (Å²) in [6.07, 6.45) is 2.37. The van der Waals surface area contributed by atoms with Crippen molar-refractivity contribution in [1.82, 2.24) is 25.2 Å². The Morgan fingerprint density at radius 1 is 1.20 bits per heavy atom. The fourth-order valence-electron chi connectivity index (χ4n) is 4.92. The number of aliphatic hydroxyl groups is 1. The monoisotopic (exact) mass is 569 g/mol. The number of carbonyl (C=O) groups excluding carboxylic acids is 2. The van der Waals surface area contributed by atoms with Gasteiger partial charge in [0.25, 0.3) is 5.91 Å². The molecule has 0 radical (unpaired) electrons. The van der Waals surface area contributed by atoms with Crippen LogP contribution in [-0.4, -0.2) is 81.5 Å². The summed E-state index contributed by atoms with van der Waals surface area (Å²) in [5.41, 5.74) is 1.78. The number of hydrogen-bond acceptors (Lipinski definition) is 8. The molecule has 3 N–H and O–H groups in total. The summed E-state index contributed by atoms with van der Waals surface area (Å²) in [6, 6.07) is 2.24. The van der Waals surface area contributed by atoms with Gasteiger partial charge in [-0.05, 0) is 58.9 Å². The number of rotatable bonds is 7. The standard InChI is InChI=1S/C29H36FN5O6/c1-15-23(27(37)34-19-8-9-35(12-20(19)36)28(38)41-29(2,3)4)25-26(33-15)24(31-14-32-25)17-10-18(30)22(39-5)11-21(17)40-13-16-6-7-16/h10-11,14,16,19-20,33,36H,6-9,12-13H2,1-5H3,(H,34,37)/t19-,20-/m1/s1. The molecule has 3 aromatic rings. The van der Waals surface area contributed by atoms with E-state index in [1.54, 1.807) is 27.7 Å². The zero-order valence-electron chi connectivity index (χ0n) is 23.9. The summed E-state index contributed by atoms with van der Waals surface area (Å²) in [6.45, 7) is 7.93. The minimum Gasteiger partial charge on any atom is -0.494 e. The number of halogens is 1. The lowest BCUT2D eigenvalue weighted by Gasteiger charge is -2.36. The van der Waals surface area contributed by atoms with Crippen LogP contribution in [0.1, 0.15) is 56.1 Å². The molecule has 2 aliphatic rings. The van der Waals surface area contributed by atoms with Gasteiger partial charge in [0.1, 0.15) is 28.9 Å². The molecule has 0 bridgehead atoms. The molecule has 1 aliphatic carbocycles. The Hall–Kier alpha value is -3.93. The third-order valence-corrected chi connectivity index (χ3v) is 7.23. The third kappa shape index (κ3) is 6.22. The maximum Gasteiger partial charge on any atom is 0.410 e. The van der Waals surface area contributed by atoms with E-state index in [2.05, 4.69) is 20.3 Å². The van der Waals surface area contributed by atoms with Crippen LogP contribution in [0.2, 0.25) is 0 Å². The Kier molecular flexibility index (Phi) is 7.78. The van der Waals surface area contributed by atoms with Crippen LogP contribution in [0.3, 0.4) is 0 Å². The van der Waals surface area contributed by atoms with E-state index in [4.69, 9.17) is 14.2 Å². The van der Waals surface area contributed by atoms with Crippen molar-refractivity contribution >= 4 is 23.0 Å². The van der Waals surface area contributed by atoms with Gasteiger partial charge in [-0.1, -0.05) is 0 Å². The van der Waals surface area contributed by atoms with E-state index in [1.165, 1.54) is 30.5 Å². The zero-order chi connectivity index (χ0) is 29.5. The Bertz CT molecular complexity index is 1460. The van der Waals surface area contributed by atoms with Gasteiger partial charge >= 0.3 is 6.09 Å². The predicted molar refractivity (Wildman–Crippen MR) is 148 cm³/mol. The lowest BCUT2D eigenvalue weighted by Crippen LogP contribution is -2.56. The average Bonchev–Trinajstić information content (AvgIpc) is 3.67. The highest BCUT2D eigenvalue weighted by molar-refractivity contribution is 6.09. The number of aryl methyl sites for hydroxylation is 1. The molecule has 2 amide bonds. The largest absolute Gasteiger partial charge is 0.494 e. The Balaban J connectivity index is 1.39. The number of aromatic amines is 1. The quantitative estimate of drug-likeness (QED) is 0.389. The van der Waals surface area contributed by atoms with Crippen molar-refractivity contribution in [3.8, 4) is 22.8 Å².